The molecular formula is C13H13BrClNO3. The summed E-state index contributed by atoms with van der Waals surface area (Å²) in [5, 5.41) is 12.4. The first-order valence-corrected chi connectivity index (χ1v) is 7.08. The molecular weight excluding hydrogens is 334 g/mol. The van der Waals surface area contributed by atoms with Gasteiger partial charge >= 0.3 is 5.97 Å². The van der Waals surface area contributed by atoms with Crippen molar-refractivity contribution in [2.45, 2.75) is 25.7 Å². The molecule has 0 aliphatic heterocycles. The Hall–Kier alpha value is -1.07. The van der Waals surface area contributed by atoms with E-state index in [4.69, 9.17) is 11.6 Å². The summed E-state index contributed by atoms with van der Waals surface area (Å²) in [5.41, 5.74) is -0.269. The molecule has 2 rings (SSSR count). The Morgan fingerprint density at radius 3 is 2.58 bits per heavy atom. The molecule has 0 aromatic heterocycles. The van der Waals surface area contributed by atoms with Gasteiger partial charge in [0.2, 0.25) is 5.91 Å². The van der Waals surface area contributed by atoms with Crippen LogP contribution in [0.4, 0.5) is 5.69 Å². The van der Waals surface area contributed by atoms with Gasteiger partial charge < -0.3 is 10.4 Å². The molecule has 0 atom stereocenters. The summed E-state index contributed by atoms with van der Waals surface area (Å²) in [4.78, 5) is 23.1. The van der Waals surface area contributed by atoms with Gasteiger partial charge in [0.25, 0.3) is 0 Å². The smallest absolute Gasteiger partial charge is 0.310 e. The highest BCUT2D eigenvalue weighted by Crippen LogP contribution is 2.44. The molecule has 0 bridgehead atoms. The number of anilines is 1. The van der Waals surface area contributed by atoms with Gasteiger partial charge in [-0.05, 0) is 47.0 Å². The van der Waals surface area contributed by atoms with Crippen molar-refractivity contribution < 1.29 is 14.7 Å². The first-order valence-electron chi connectivity index (χ1n) is 5.91. The fraction of sp³-hybridized carbons (Fsp3) is 0.385. The molecule has 1 aliphatic rings. The Kier molecular flexibility index (Phi) is 4.16. The number of amides is 1. The third-order valence-corrected chi connectivity index (χ3v) is 4.68. The lowest BCUT2D eigenvalue weighted by molar-refractivity contribution is -0.157. The van der Waals surface area contributed by atoms with E-state index in [9.17, 15) is 14.7 Å². The summed E-state index contributed by atoms with van der Waals surface area (Å²) >= 11 is 9.13. The fourth-order valence-electron chi connectivity index (χ4n) is 2.16. The van der Waals surface area contributed by atoms with E-state index >= 15 is 0 Å². The minimum Gasteiger partial charge on any atom is -0.481 e. The Bertz CT molecular complexity index is 529. The van der Waals surface area contributed by atoms with Crippen LogP contribution in [0.25, 0.3) is 0 Å². The summed E-state index contributed by atoms with van der Waals surface area (Å²) < 4.78 is 0.684. The summed E-state index contributed by atoms with van der Waals surface area (Å²) in [6.45, 7) is 0. The normalized spacial score (nSPS) is 16.5. The van der Waals surface area contributed by atoms with Crippen LogP contribution in [-0.2, 0) is 9.59 Å². The van der Waals surface area contributed by atoms with Crippen molar-refractivity contribution in [3.63, 3.8) is 0 Å². The zero-order valence-electron chi connectivity index (χ0n) is 10.1. The minimum absolute atomic E-state index is 0.0164. The van der Waals surface area contributed by atoms with Crippen LogP contribution < -0.4 is 5.32 Å². The molecule has 1 fully saturated rings. The zero-order valence-corrected chi connectivity index (χ0v) is 12.4. The molecule has 0 radical (unpaired) electrons. The first kappa shape index (κ1) is 14.3. The maximum atomic E-state index is 11.9. The molecule has 19 heavy (non-hydrogen) atoms. The quantitative estimate of drug-likeness (QED) is 0.874. The van der Waals surface area contributed by atoms with Gasteiger partial charge in [-0.1, -0.05) is 18.0 Å². The lowest BCUT2D eigenvalue weighted by Gasteiger charge is -2.36. The number of aliphatic carboxylic acids is 1. The summed E-state index contributed by atoms with van der Waals surface area (Å²) in [6.07, 6.45) is 2.02. The summed E-state index contributed by atoms with van der Waals surface area (Å²) in [5.74, 6) is -1.16. The maximum absolute atomic E-state index is 11.9. The van der Waals surface area contributed by atoms with Gasteiger partial charge in [-0.25, -0.2) is 0 Å². The predicted octanol–water partition coefficient (Wildman–Crippen LogP) is 3.69. The fourth-order valence-corrected chi connectivity index (χ4v) is 2.65. The number of hydrogen-bond acceptors (Lipinski definition) is 2. The van der Waals surface area contributed by atoms with Crippen LogP contribution in [0.3, 0.4) is 0 Å². The molecule has 4 nitrogen and oxygen atoms in total. The number of halogens is 2. The highest BCUT2D eigenvalue weighted by Gasteiger charge is 2.45. The Morgan fingerprint density at radius 2 is 2.11 bits per heavy atom. The molecule has 6 heteroatoms. The van der Waals surface area contributed by atoms with E-state index in [-0.39, 0.29) is 12.3 Å². The molecule has 0 saturated heterocycles. The van der Waals surface area contributed by atoms with E-state index in [1.165, 1.54) is 0 Å². The number of nitrogens with one attached hydrogen (secondary N) is 1. The van der Waals surface area contributed by atoms with Crippen molar-refractivity contribution in [3.8, 4) is 0 Å². The Balaban J connectivity index is 2.01. The van der Waals surface area contributed by atoms with Crippen LogP contribution >= 0.6 is 27.5 Å². The second-order valence-electron chi connectivity index (χ2n) is 4.79. The van der Waals surface area contributed by atoms with Crippen LogP contribution in [0.15, 0.2) is 22.7 Å². The topological polar surface area (TPSA) is 66.4 Å². The second-order valence-corrected chi connectivity index (χ2v) is 6.05. The SMILES string of the molecule is O=C(CC1(C(=O)O)CCC1)Nc1ccc(Cl)c(Br)c1. The Morgan fingerprint density at radius 1 is 1.42 bits per heavy atom. The standard InChI is InChI=1S/C13H13BrClNO3/c14-9-6-8(2-3-10(9)15)16-11(17)7-13(12(18)19)4-1-5-13/h2-3,6H,1,4-5,7H2,(H,16,17)(H,18,19). The molecule has 1 amide bonds. The number of carboxylic acids is 1. The number of carbonyl (C=O) groups is 2. The number of hydrogen-bond donors (Lipinski definition) is 2. The summed E-state index contributed by atoms with van der Waals surface area (Å²) in [6, 6.07) is 5.03. The molecule has 2 N–H and O–H groups in total. The number of rotatable bonds is 4. The molecule has 0 heterocycles. The minimum atomic E-state index is -0.883. The molecule has 1 saturated carbocycles. The van der Waals surface area contributed by atoms with Crippen molar-refractivity contribution in [2.24, 2.45) is 5.41 Å². The second kappa shape index (κ2) is 5.51. The van der Waals surface area contributed by atoms with Gasteiger partial charge in [0.05, 0.1) is 10.4 Å². The largest absolute Gasteiger partial charge is 0.481 e. The van der Waals surface area contributed by atoms with Crippen LogP contribution in [0.2, 0.25) is 5.02 Å². The van der Waals surface area contributed by atoms with Crippen LogP contribution in [0, 0.1) is 5.41 Å². The summed E-state index contributed by atoms with van der Waals surface area (Å²) in [7, 11) is 0. The number of benzene rings is 1. The van der Waals surface area contributed by atoms with Crippen LogP contribution in [0.5, 0.6) is 0 Å². The molecule has 0 unspecified atom stereocenters. The van der Waals surface area contributed by atoms with E-state index in [2.05, 4.69) is 21.2 Å². The highest BCUT2D eigenvalue weighted by molar-refractivity contribution is 9.10. The van der Waals surface area contributed by atoms with Crippen molar-refractivity contribution in [1.82, 2.24) is 0 Å². The van der Waals surface area contributed by atoms with E-state index in [1.807, 2.05) is 0 Å². The lowest BCUT2D eigenvalue weighted by Crippen LogP contribution is -2.41. The van der Waals surface area contributed by atoms with E-state index < -0.39 is 11.4 Å². The van der Waals surface area contributed by atoms with Crippen LogP contribution in [-0.4, -0.2) is 17.0 Å². The third-order valence-electron chi connectivity index (χ3n) is 3.47. The number of carbonyl (C=O) groups excluding carboxylic acids is 1. The molecule has 1 aliphatic carbocycles. The highest BCUT2D eigenvalue weighted by atomic mass is 79.9. The monoisotopic (exact) mass is 345 g/mol. The van der Waals surface area contributed by atoms with E-state index in [1.54, 1.807) is 18.2 Å². The molecule has 1 aromatic carbocycles. The van der Waals surface area contributed by atoms with Gasteiger partial charge in [-0.2, -0.15) is 0 Å². The average molecular weight is 347 g/mol. The predicted molar refractivity (Wildman–Crippen MR) is 76.3 cm³/mol. The van der Waals surface area contributed by atoms with Crippen molar-refractivity contribution in [1.29, 1.82) is 0 Å². The molecule has 1 aromatic rings. The third kappa shape index (κ3) is 3.09. The van der Waals surface area contributed by atoms with Crippen molar-refractivity contribution in [3.05, 3.63) is 27.7 Å². The first-order chi connectivity index (χ1) is 8.93. The van der Waals surface area contributed by atoms with Crippen molar-refractivity contribution in [2.75, 3.05) is 5.32 Å². The van der Waals surface area contributed by atoms with Gasteiger partial charge in [0.1, 0.15) is 0 Å². The zero-order chi connectivity index (χ0) is 14.0. The van der Waals surface area contributed by atoms with Crippen LogP contribution in [0.1, 0.15) is 25.7 Å². The van der Waals surface area contributed by atoms with Gasteiger partial charge in [-0.3, -0.25) is 9.59 Å². The van der Waals surface area contributed by atoms with Gasteiger partial charge in [0, 0.05) is 16.6 Å². The van der Waals surface area contributed by atoms with Gasteiger partial charge in [-0.15, -0.1) is 0 Å². The lowest BCUT2D eigenvalue weighted by atomic mass is 9.66. The average Bonchev–Trinajstić information content (AvgIpc) is 2.28. The van der Waals surface area contributed by atoms with Gasteiger partial charge in [0.15, 0.2) is 0 Å². The Labute approximate surface area is 124 Å². The molecule has 0 spiro atoms. The molecule has 102 valence electrons. The maximum Gasteiger partial charge on any atom is 0.310 e. The van der Waals surface area contributed by atoms with E-state index in [0.717, 1.165) is 6.42 Å². The number of carboxylic acid groups (broad SMARTS) is 1. The van der Waals surface area contributed by atoms with E-state index in [0.29, 0.717) is 28.0 Å². The van der Waals surface area contributed by atoms with Crippen molar-refractivity contribution >= 4 is 45.1 Å².